The molecular weight excluding hydrogens is 743 g/mol. The summed E-state index contributed by atoms with van der Waals surface area (Å²) in [5, 5.41) is 13.9. The second-order valence-electron chi connectivity index (χ2n) is 12.1. The quantitative estimate of drug-likeness (QED) is 0.0635. The lowest BCUT2D eigenvalue weighted by molar-refractivity contribution is -0.167. The summed E-state index contributed by atoms with van der Waals surface area (Å²) in [4.78, 5) is 66.2. The van der Waals surface area contributed by atoms with E-state index in [0.717, 1.165) is 40.5 Å². The zero-order valence-electron chi connectivity index (χ0n) is 29.3. The monoisotopic (exact) mass is 776 g/mol. The Morgan fingerprint density at radius 3 is 2.20 bits per heavy atom. The molecule has 2 atom stereocenters. The molecule has 0 aliphatic carbocycles. The van der Waals surface area contributed by atoms with Crippen LogP contribution in [0.15, 0.2) is 66.0 Å². The lowest BCUT2D eigenvalue weighted by Crippen LogP contribution is -2.49. The molecule has 17 heteroatoms. The van der Waals surface area contributed by atoms with Crippen LogP contribution in [0.4, 0.5) is 32.4 Å². The molecule has 0 saturated heterocycles. The summed E-state index contributed by atoms with van der Waals surface area (Å²) in [6.07, 6.45) is -6.87. The van der Waals surface area contributed by atoms with Crippen molar-refractivity contribution in [2.45, 2.75) is 44.9 Å². The van der Waals surface area contributed by atoms with Crippen molar-refractivity contribution in [3.8, 4) is 16.9 Å². The Balaban J connectivity index is 1.68. The van der Waals surface area contributed by atoms with Gasteiger partial charge in [0.25, 0.3) is 11.8 Å². The summed E-state index contributed by atoms with van der Waals surface area (Å²) in [6.45, 7) is 3.57. The Morgan fingerprint density at radius 1 is 0.981 bits per heavy atom. The molecule has 286 valence electrons. The third-order valence-corrected chi connectivity index (χ3v) is 9.22. The number of carboxylic acids is 1. The number of thiophene rings is 1. The molecule has 3 aromatic carbocycles. The average Bonchev–Trinajstić information content (AvgIpc) is 3.65. The van der Waals surface area contributed by atoms with Crippen LogP contribution in [-0.2, 0) is 30.7 Å². The number of ether oxygens (including phenoxy) is 3. The number of nitrogens with one attached hydrogen (secondary N) is 1. The molecule has 0 aliphatic heterocycles. The van der Waals surface area contributed by atoms with E-state index in [9.17, 15) is 42.3 Å². The fraction of sp³-hybridized carbons (Fsp3) is 0.270. The van der Waals surface area contributed by atoms with Crippen molar-refractivity contribution in [1.29, 1.82) is 0 Å². The van der Waals surface area contributed by atoms with Crippen LogP contribution in [0.1, 0.15) is 57.0 Å². The van der Waals surface area contributed by atoms with Crippen molar-refractivity contribution in [3.63, 3.8) is 0 Å². The van der Waals surface area contributed by atoms with Gasteiger partial charge >= 0.3 is 24.3 Å². The van der Waals surface area contributed by atoms with Crippen LogP contribution in [0, 0.1) is 18.6 Å². The van der Waals surface area contributed by atoms with E-state index < -0.39 is 88.4 Å². The first kappa shape index (κ1) is 40.9. The van der Waals surface area contributed by atoms with E-state index in [2.05, 4.69) is 5.32 Å². The van der Waals surface area contributed by atoms with Crippen LogP contribution in [0.2, 0.25) is 0 Å². The van der Waals surface area contributed by atoms with Crippen LogP contribution in [0.5, 0.6) is 5.75 Å². The number of hydrogen-bond acceptors (Lipinski definition) is 9. The lowest BCUT2D eigenvalue weighted by Gasteiger charge is -2.27. The van der Waals surface area contributed by atoms with E-state index in [-0.39, 0.29) is 21.6 Å². The first-order valence-electron chi connectivity index (χ1n) is 16.0. The molecule has 2 amide bonds. The molecule has 0 fully saturated rings. The minimum atomic E-state index is -4.62. The van der Waals surface area contributed by atoms with Gasteiger partial charge < -0.3 is 29.5 Å². The molecule has 0 aliphatic rings. The van der Waals surface area contributed by atoms with E-state index in [4.69, 9.17) is 14.2 Å². The predicted octanol–water partition coefficient (Wildman–Crippen LogP) is 7.85. The van der Waals surface area contributed by atoms with Gasteiger partial charge in [0, 0.05) is 30.6 Å². The molecule has 0 spiro atoms. The van der Waals surface area contributed by atoms with Gasteiger partial charge in [-0.15, -0.1) is 11.3 Å². The number of benzene rings is 3. The van der Waals surface area contributed by atoms with Gasteiger partial charge in [-0.3, -0.25) is 19.2 Å². The van der Waals surface area contributed by atoms with Gasteiger partial charge in [-0.2, -0.15) is 13.2 Å². The largest absolute Gasteiger partial charge is 0.514 e. The van der Waals surface area contributed by atoms with E-state index in [1.807, 2.05) is 0 Å². The summed E-state index contributed by atoms with van der Waals surface area (Å²) in [7, 11) is 2.42. The normalized spacial score (nSPS) is 12.9. The SMILES string of the molecule is CCC(C)OC(=O)C(COC(=O)Oc1c(F)cc(NC(=O)c2cccc(C)c2-c2ccc(C(F)(F)F)cc2)c(C(=O)N(C)C)c1F)(C(=O)O)c1cccs1. The fourth-order valence-corrected chi connectivity index (χ4v) is 6.03. The standard InChI is InChI=1S/C37H33F5N2O9S/c1-6-20(3)52-34(49)36(33(47)48,26-11-8-16-54-26)18-51-35(50)53-30-24(38)17-25(28(29(30)39)32(46)44(4)5)43-31(45)23-10-7-9-19(2)27(23)21-12-14-22(15-13-21)37(40,41)42/h7-17,20H,6,18H2,1-5H3,(H,43,45)(H,47,48). The number of halogens is 5. The Morgan fingerprint density at radius 2 is 1.65 bits per heavy atom. The number of carboxylic acid groups (broad SMARTS) is 1. The third kappa shape index (κ3) is 8.51. The number of nitrogens with zero attached hydrogens (tertiary/aromatic N) is 1. The average molecular weight is 777 g/mol. The third-order valence-electron chi connectivity index (χ3n) is 8.19. The van der Waals surface area contributed by atoms with Crippen molar-refractivity contribution in [2.75, 3.05) is 26.0 Å². The first-order chi connectivity index (χ1) is 25.3. The fourth-order valence-electron chi connectivity index (χ4n) is 5.13. The van der Waals surface area contributed by atoms with Crippen LogP contribution in [-0.4, -0.2) is 66.7 Å². The zero-order valence-corrected chi connectivity index (χ0v) is 30.1. The predicted molar refractivity (Wildman–Crippen MR) is 185 cm³/mol. The highest BCUT2D eigenvalue weighted by molar-refractivity contribution is 7.10. The Hall–Kier alpha value is -5.84. The van der Waals surface area contributed by atoms with Gasteiger partial charge in [0.1, 0.15) is 12.2 Å². The summed E-state index contributed by atoms with van der Waals surface area (Å²) < 4.78 is 86.1. The van der Waals surface area contributed by atoms with Crippen LogP contribution in [0.25, 0.3) is 11.1 Å². The molecule has 0 radical (unpaired) electrons. The van der Waals surface area contributed by atoms with Crippen molar-refractivity contribution in [3.05, 3.63) is 105 Å². The highest BCUT2D eigenvalue weighted by Gasteiger charge is 2.53. The van der Waals surface area contributed by atoms with E-state index in [0.29, 0.717) is 18.1 Å². The number of aryl methyl sites for hydroxylation is 1. The van der Waals surface area contributed by atoms with Gasteiger partial charge in [-0.25, -0.2) is 13.6 Å². The Labute approximate surface area is 309 Å². The molecule has 11 nitrogen and oxygen atoms in total. The maximum atomic E-state index is 16.1. The number of rotatable bonds is 12. The molecule has 4 aromatic rings. The van der Waals surface area contributed by atoms with Gasteiger partial charge in [0.2, 0.25) is 11.2 Å². The topological polar surface area (TPSA) is 149 Å². The molecule has 0 saturated carbocycles. The zero-order chi connectivity index (χ0) is 40.1. The number of carbonyl (C=O) groups excluding carboxylic acids is 4. The molecule has 2 unspecified atom stereocenters. The number of alkyl halides is 3. The number of anilines is 1. The highest BCUT2D eigenvalue weighted by Crippen LogP contribution is 2.36. The van der Waals surface area contributed by atoms with E-state index in [1.54, 1.807) is 19.9 Å². The van der Waals surface area contributed by atoms with Crippen molar-refractivity contribution < 1.29 is 65.2 Å². The maximum absolute atomic E-state index is 16.1. The van der Waals surface area contributed by atoms with Gasteiger partial charge in [0.05, 0.1) is 17.4 Å². The van der Waals surface area contributed by atoms with E-state index >= 15 is 8.78 Å². The summed E-state index contributed by atoms with van der Waals surface area (Å²) in [6, 6.07) is 11.6. The van der Waals surface area contributed by atoms with Gasteiger partial charge in [0.15, 0.2) is 11.6 Å². The molecule has 1 heterocycles. The first-order valence-corrected chi connectivity index (χ1v) is 16.9. The minimum Gasteiger partial charge on any atom is -0.480 e. The second kappa shape index (κ2) is 16.4. The van der Waals surface area contributed by atoms with Crippen molar-refractivity contribution in [1.82, 2.24) is 4.90 Å². The highest BCUT2D eigenvalue weighted by atomic mass is 32.1. The lowest BCUT2D eigenvalue weighted by atomic mass is 9.87. The number of carbonyl (C=O) groups is 5. The number of aliphatic carboxylic acids is 1. The summed E-state index contributed by atoms with van der Waals surface area (Å²) in [5.41, 5.74) is -4.42. The molecule has 2 N–H and O–H groups in total. The number of hydrogen-bond donors (Lipinski definition) is 2. The molecular formula is C37H33F5N2O9S. The van der Waals surface area contributed by atoms with Crippen LogP contribution in [0.3, 0.4) is 0 Å². The maximum Gasteiger partial charge on any atom is 0.514 e. The Kier molecular flexibility index (Phi) is 12.5. The smallest absolute Gasteiger partial charge is 0.480 e. The van der Waals surface area contributed by atoms with Gasteiger partial charge in [-0.05, 0) is 66.6 Å². The van der Waals surface area contributed by atoms with Crippen molar-refractivity contribution in [2.24, 2.45) is 0 Å². The number of esters is 1. The van der Waals surface area contributed by atoms with Crippen molar-refractivity contribution >= 4 is 46.9 Å². The van der Waals surface area contributed by atoms with Gasteiger partial charge in [-0.1, -0.05) is 37.3 Å². The van der Waals surface area contributed by atoms with Crippen LogP contribution < -0.4 is 10.1 Å². The molecule has 4 rings (SSSR count). The molecule has 1 aromatic heterocycles. The minimum absolute atomic E-state index is 0.0810. The molecule has 0 bridgehead atoms. The summed E-state index contributed by atoms with van der Waals surface area (Å²) >= 11 is 0.845. The number of amides is 2. The molecule has 54 heavy (non-hydrogen) atoms. The Bertz CT molecular complexity index is 2070. The second-order valence-corrected chi connectivity index (χ2v) is 13.1. The van der Waals surface area contributed by atoms with Crippen LogP contribution >= 0.6 is 11.3 Å². The summed E-state index contributed by atoms with van der Waals surface area (Å²) in [5.74, 6) is -9.97. The van der Waals surface area contributed by atoms with E-state index in [1.165, 1.54) is 50.7 Å².